The zero-order valence-electron chi connectivity index (χ0n) is 19.3. The van der Waals surface area contributed by atoms with Gasteiger partial charge < -0.3 is 21.1 Å². The topological polar surface area (TPSA) is 98.4 Å². The highest BCUT2D eigenvalue weighted by molar-refractivity contribution is 5.89. The quantitative estimate of drug-likeness (QED) is 0.520. The second kappa shape index (κ2) is 10.0. The summed E-state index contributed by atoms with van der Waals surface area (Å²) in [7, 11) is 0. The van der Waals surface area contributed by atoms with Crippen LogP contribution < -0.4 is 21.7 Å². The van der Waals surface area contributed by atoms with Crippen LogP contribution in [-0.2, 0) is 9.59 Å². The second-order valence-corrected chi connectivity index (χ2v) is 9.01. The zero-order valence-corrected chi connectivity index (χ0v) is 19.3. The van der Waals surface area contributed by atoms with Crippen LogP contribution in [0.25, 0.3) is 0 Å². The molecule has 0 saturated carbocycles. The maximum absolute atomic E-state index is 13.5. The molecule has 8 nitrogen and oxygen atoms in total. The van der Waals surface area contributed by atoms with Crippen molar-refractivity contribution in [2.75, 3.05) is 0 Å². The molecule has 8 heteroatoms. The molecule has 0 aliphatic carbocycles. The van der Waals surface area contributed by atoms with E-state index in [-0.39, 0.29) is 30.3 Å². The fourth-order valence-corrected chi connectivity index (χ4v) is 4.43. The van der Waals surface area contributed by atoms with Crippen molar-refractivity contribution in [3.63, 3.8) is 0 Å². The predicted molar refractivity (Wildman–Crippen MR) is 126 cm³/mol. The molecule has 0 bridgehead atoms. The number of pyridine rings is 1. The largest absolute Gasteiger partial charge is 0.342 e. The first-order valence-electron chi connectivity index (χ1n) is 11.5. The third-order valence-corrected chi connectivity index (χ3v) is 6.33. The number of carbonyl (C=O) groups excluding carboxylic acids is 2. The van der Waals surface area contributed by atoms with Gasteiger partial charge >= 0.3 is 0 Å². The minimum atomic E-state index is -0.503. The second-order valence-electron chi connectivity index (χ2n) is 9.01. The van der Waals surface area contributed by atoms with Gasteiger partial charge in [0.25, 0.3) is 0 Å². The van der Waals surface area contributed by atoms with E-state index < -0.39 is 6.04 Å². The van der Waals surface area contributed by atoms with Crippen LogP contribution in [0.15, 0.2) is 60.6 Å². The van der Waals surface area contributed by atoms with Gasteiger partial charge in [0.1, 0.15) is 6.04 Å². The van der Waals surface area contributed by atoms with Crippen LogP contribution in [0.5, 0.6) is 0 Å². The number of nitrogens with one attached hydrogen (secondary N) is 4. The van der Waals surface area contributed by atoms with Crippen LogP contribution in [0.1, 0.15) is 68.8 Å². The highest BCUT2D eigenvalue weighted by Crippen LogP contribution is 2.28. The maximum atomic E-state index is 13.5. The number of benzene rings is 1. The summed E-state index contributed by atoms with van der Waals surface area (Å²) in [6.45, 7) is 6.26. The van der Waals surface area contributed by atoms with E-state index in [2.05, 4.69) is 46.6 Å². The van der Waals surface area contributed by atoms with Crippen molar-refractivity contribution in [2.24, 2.45) is 0 Å². The number of hydrogen-bond acceptors (Lipinski definition) is 6. The number of hydrogen-bond donors (Lipinski definition) is 4. The van der Waals surface area contributed by atoms with Gasteiger partial charge in [0.05, 0.1) is 23.9 Å². The number of rotatable bonds is 7. The van der Waals surface area contributed by atoms with Gasteiger partial charge in [0.15, 0.2) is 0 Å². The van der Waals surface area contributed by atoms with Crippen LogP contribution in [-0.4, -0.2) is 33.8 Å². The Morgan fingerprint density at radius 1 is 1.12 bits per heavy atom. The van der Waals surface area contributed by atoms with E-state index in [1.807, 2.05) is 49.5 Å². The Bertz CT molecular complexity index is 1010. The van der Waals surface area contributed by atoms with Gasteiger partial charge in [-0.05, 0) is 42.9 Å². The summed E-state index contributed by atoms with van der Waals surface area (Å²) in [6.07, 6.45) is 5.23. The number of likely N-dealkylation sites (tertiary alicyclic amines) is 1. The Morgan fingerprint density at radius 3 is 2.55 bits per heavy atom. The molecule has 2 aliphatic heterocycles. The smallest absolute Gasteiger partial charge is 0.243 e. The molecule has 33 heavy (non-hydrogen) atoms. The van der Waals surface area contributed by atoms with E-state index in [0.29, 0.717) is 12.3 Å². The standard InChI is InChI=1S/C25H32N6O2/c1-16(2)19-10-11-21(26-14-19)24(18-7-5-4-6-8-18)28-25(33)22-12-9-17(3)31(22)23(32)13-20-15-27-30-29-20/h4-8,10-11,14-17,22,24,27,29-30H,9,12-13H2,1-3H3,(H,28,33)/t17-,22-,24-/m0/s1. The fraction of sp³-hybridized carbons (Fsp3) is 0.400. The summed E-state index contributed by atoms with van der Waals surface area (Å²) in [5.74, 6) is 0.159. The van der Waals surface area contributed by atoms with E-state index in [9.17, 15) is 9.59 Å². The average molecular weight is 449 g/mol. The highest BCUT2D eigenvalue weighted by Gasteiger charge is 2.39. The van der Waals surface area contributed by atoms with Gasteiger partial charge in [-0.1, -0.05) is 50.2 Å². The molecule has 1 fully saturated rings. The Balaban J connectivity index is 1.55. The normalized spacial score (nSPS) is 20.7. The van der Waals surface area contributed by atoms with Crippen LogP contribution in [0.2, 0.25) is 0 Å². The molecule has 2 aliphatic rings. The molecule has 3 atom stereocenters. The Labute approximate surface area is 194 Å². The van der Waals surface area contributed by atoms with Crippen LogP contribution in [0.4, 0.5) is 0 Å². The first-order valence-corrected chi connectivity index (χ1v) is 11.5. The Kier molecular flexibility index (Phi) is 6.93. The van der Waals surface area contributed by atoms with Crippen molar-refractivity contribution in [2.45, 2.75) is 64.1 Å². The van der Waals surface area contributed by atoms with E-state index in [1.54, 1.807) is 11.1 Å². The average Bonchev–Trinajstić information content (AvgIpc) is 3.47. The van der Waals surface area contributed by atoms with Crippen molar-refractivity contribution in [3.05, 3.63) is 77.4 Å². The Hall–Kier alpha value is -3.39. The summed E-state index contributed by atoms with van der Waals surface area (Å²) in [4.78, 5) is 32.9. The lowest BCUT2D eigenvalue weighted by Gasteiger charge is -2.29. The molecule has 1 aromatic carbocycles. The molecule has 1 saturated heterocycles. The Morgan fingerprint density at radius 2 is 1.91 bits per heavy atom. The summed E-state index contributed by atoms with van der Waals surface area (Å²) < 4.78 is 0. The molecule has 1 aromatic heterocycles. The van der Waals surface area contributed by atoms with Crippen LogP contribution in [0.3, 0.4) is 0 Å². The number of nitrogens with zero attached hydrogens (tertiary/aromatic N) is 2. The van der Waals surface area contributed by atoms with Gasteiger partial charge in [-0.15, -0.1) is 0 Å². The van der Waals surface area contributed by atoms with Gasteiger partial charge in [-0.3, -0.25) is 14.6 Å². The number of carbonyl (C=O) groups is 2. The van der Waals surface area contributed by atoms with E-state index >= 15 is 0 Å². The lowest BCUT2D eigenvalue weighted by atomic mass is 10.00. The SMILES string of the molecule is CC(C)c1ccc([C@@H](NC(=O)[C@@H]2CC[C@H](C)N2C(=O)CC2=CNNN2)c2ccccc2)nc1. The van der Waals surface area contributed by atoms with E-state index in [0.717, 1.165) is 28.9 Å². The lowest BCUT2D eigenvalue weighted by Crippen LogP contribution is -2.49. The zero-order chi connectivity index (χ0) is 23.4. The first-order chi connectivity index (χ1) is 15.9. The molecule has 4 N–H and O–H groups in total. The van der Waals surface area contributed by atoms with Crippen LogP contribution in [0, 0.1) is 0 Å². The fourth-order valence-electron chi connectivity index (χ4n) is 4.43. The van der Waals surface area contributed by atoms with Crippen molar-refractivity contribution in [1.82, 2.24) is 31.6 Å². The molecule has 0 radical (unpaired) electrons. The van der Waals surface area contributed by atoms with E-state index in [4.69, 9.17) is 0 Å². The molecule has 2 amide bonds. The highest BCUT2D eigenvalue weighted by atomic mass is 16.2. The van der Waals surface area contributed by atoms with Gasteiger partial charge in [-0.25, -0.2) is 0 Å². The van der Waals surface area contributed by atoms with Crippen molar-refractivity contribution in [1.29, 1.82) is 0 Å². The first kappa shape index (κ1) is 22.8. The van der Waals surface area contributed by atoms with Gasteiger partial charge in [0.2, 0.25) is 11.8 Å². The number of amides is 2. The summed E-state index contributed by atoms with van der Waals surface area (Å²) >= 11 is 0. The number of aromatic nitrogens is 1. The summed E-state index contributed by atoms with van der Waals surface area (Å²) in [5, 5.41) is 3.19. The predicted octanol–water partition coefficient (Wildman–Crippen LogP) is 2.63. The molecule has 4 rings (SSSR count). The minimum Gasteiger partial charge on any atom is -0.342 e. The molecule has 0 spiro atoms. The molecule has 3 heterocycles. The molecule has 2 aromatic rings. The third-order valence-electron chi connectivity index (χ3n) is 6.33. The van der Waals surface area contributed by atoms with Gasteiger partial charge in [0, 0.05) is 18.4 Å². The summed E-state index contributed by atoms with van der Waals surface area (Å²) in [6, 6.07) is 13.0. The molecular formula is C25H32N6O2. The minimum absolute atomic E-state index is 0.00907. The lowest BCUT2D eigenvalue weighted by molar-refractivity contribution is -0.139. The van der Waals surface area contributed by atoms with E-state index in [1.165, 1.54) is 0 Å². The monoisotopic (exact) mass is 448 g/mol. The van der Waals surface area contributed by atoms with Crippen molar-refractivity contribution >= 4 is 11.8 Å². The summed E-state index contributed by atoms with van der Waals surface area (Å²) in [5.41, 5.74) is 12.1. The maximum Gasteiger partial charge on any atom is 0.243 e. The molecular weight excluding hydrogens is 416 g/mol. The molecule has 0 unspecified atom stereocenters. The number of hydrazine groups is 2. The third kappa shape index (κ3) is 5.17. The molecule has 174 valence electrons. The van der Waals surface area contributed by atoms with Crippen molar-refractivity contribution in [3.8, 4) is 0 Å². The van der Waals surface area contributed by atoms with Gasteiger partial charge in [-0.2, -0.15) is 5.53 Å². The van der Waals surface area contributed by atoms with Crippen molar-refractivity contribution < 1.29 is 9.59 Å². The van der Waals surface area contributed by atoms with Crippen LogP contribution >= 0.6 is 0 Å².